The number of thiocarbonyl (C=S) groups is 1. The number of hydrogen-bond acceptors (Lipinski definition) is 9. The Balaban J connectivity index is 1.49. The first-order chi connectivity index (χ1) is 17.4. The predicted molar refractivity (Wildman–Crippen MR) is 136 cm³/mol. The molecule has 11 nitrogen and oxygen atoms in total. The predicted octanol–water partition coefficient (Wildman–Crippen LogP) is 3.32. The van der Waals surface area contributed by atoms with E-state index in [9.17, 15) is 20.0 Å². The van der Waals surface area contributed by atoms with Gasteiger partial charge in [0.15, 0.2) is 5.11 Å². The Morgan fingerprint density at radius 1 is 1.19 bits per heavy atom. The van der Waals surface area contributed by atoms with Crippen LogP contribution in [0.4, 0.5) is 17.1 Å². The summed E-state index contributed by atoms with van der Waals surface area (Å²) >= 11 is 5.30. The van der Waals surface area contributed by atoms with Crippen LogP contribution < -0.4 is 20.3 Å². The van der Waals surface area contributed by atoms with Crippen molar-refractivity contribution in [1.29, 1.82) is 0 Å². The number of rotatable bonds is 7. The summed E-state index contributed by atoms with van der Waals surface area (Å²) in [6.07, 6.45) is 0. The number of nitro groups is 1. The van der Waals surface area contributed by atoms with Gasteiger partial charge in [0.2, 0.25) is 0 Å². The lowest BCUT2D eigenvalue weighted by atomic mass is 10.1. The van der Waals surface area contributed by atoms with Crippen LogP contribution in [0.5, 0.6) is 5.75 Å². The smallest absolute Gasteiger partial charge is 0.293 e. The number of nitrogens with one attached hydrogen (secondary N) is 2. The Morgan fingerprint density at radius 2 is 1.97 bits per heavy atom. The summed E-state index contributed by atoms with van der Waals surface area (Å²) < 4.78 is 16.3. The third kappa shape index (κ3) is 5.62. The number of benzene rings is 2. The lowest BCUT2D eigenvalue weighted by Gasteiger charge is -2.28. The van der Waals surface area contributed by atoms with E-state index in [1.54, 1.807) is 36.4 Å². The summed E-state index contributed by atoms with van der Waals surface area (Å²) in [5, 5.41) is 26.4. The fourth-order valence-corrected chi connectivity index (χ4v) is 3.99. The molecule has 1 aromatic heterocycles. The van der Waals surface area contributed by atoms with Gasteiger partial charge in [-0.05, 0) is 54.7 Å². The Bertz CT molecular complexity index is 1290. The van der Waals surface area contributed by atoms with Gasteiger partial charge in [0.25, 0.3) is 11.6 Å². The SMILES string of the molecule is COc1ccc(-c2ccc(CO)o2)cc1NC(=S)NC(=O)c1ccc(N2CCOCC2)c([N+](=O)[O-])c1. The number of methoxy groups -OCH3 is 1. The number of amides is 1. The normalized spacial score (nSPS) is 13.2. The van der Waals surface area contributed by atoms with Crippen LogP contribution in [0.25, 0.3) is 11.3 Å². The molecular formula is C24H24N4O7S. The van der Waals surface area contributed by atoms with Gasteiger partial charge in [0.05, 0.1) is 30.9 Å². The standard InChI is InChI=1S/C24H24N4O7S/c1-33-22-6-3-15(21-7-4-17(14-29)35-21)12-18(22)25-24(36)26-23(30)16-2-5-19(20(13-16)28(31)32)27-8-10-34-11-9-27/h2-7,12-13,29H,8-11,14H2,1H3,(H2,25,26,30,36). The molecule has 1 aliphatic rings. The lowest BCUT2D eigenvalue weighted by molar-refractivity contribution is -0.384. The van der Waals surface area contributed by atoms with Crippen molar-refractivity contribution in [3.8, 4) is 17.1 Å². The maximum absolute atomic E-state index is 12.8. The highest BCUT2D eigenvalue weighted by atomic mass is 32.1. The van der Waals surface area contributed by atoms with Crippen LogP contribution in [0.1, 0.15) is 16.1 Å². The molecule has 0 saturated carbocycles. The maximum Gasteiger partial charge on any atom is 0.293 e. The van der Waals surface area contributed by atoms with Crippen LogP contribution in [-0.4, -0.2) is 54.5 Å². The van der Waals surface area contributed by atoms with E-state index in [4.69, 9.17) is 26.1 Å². The van der Waals surface area contributed by atoms with E-state index in [2.05, 4.69) is 10.6 Å². The van der Waals surface area contributed by atoms with E-state index in [0.29, 0.717) is 60.5 Å². The van der Waals surface area contributed by atoms with Crippen LogP contribution in [-0.2, 0) is 11.3 Å². The number of aliphatic hydroxyl groups excluding tert-OH is 1. The van der Waals surface area contributed by atoms with E-state index >= 15 is 0 Å². The van der Waals surface area contributed by atoms with Crippen molar-refractivity contribution < 1.29 is 28.7 Å². The summed E-state index contributed by atoms with van der Waals surface area (Å²) in [6, 6.07) is 12.9. The van der Waals surface area contributed by atoms with E-state index in [0.717, 1.165) is 0 Å². The topological polar surface area (TPSA) is 139 Å². The van der Waals surface area contributed by atoms with E-state index in [-0.39, 0.29) is 23.0 Å². The van der Waals surface area contributed by atoms with Crippen LogP contribution in [0.2, 0.25) is 0 Å². The molecule has 2 heterocycles. The van der Waals surface area contributed by atoms with E-state index in [1.165, 1.54) is 19.2 Å². The number of aliphatic hydroxyl groups is 1. The monoisotopic (exact) mass is 512 g/mol. The number of nitro benzene ring substituents is 1. The number of carbonyl (C=O) groups is 1. The highest BCUT2D eigenvalue weighted by Crippen LogP contribution is 2.32. The van der Waals surface area contributed by atoms with Crippen molar-refractivity contribution in [2.24, 2.45) is 0 Å². The third-order valence-corrected chi connectivity index (χ3v) is 5.77. The first kappa shape index (κ1) is 25.1. The first-order valence-corrected chi connectivity index (χ1v) is 11.4. The van der Waals surface area contributed by atoms with Crippen LogP contribution >= 0.6 is 12.2 Å². The van der Waals surface area contributed by atoms with Gasteiger partial charge in [-0.15, -0.1) is 0 Å². The second kappa shape index (κ2) is 11.2. The number of nitrogens with zero attached hydrogens (tertiary/aromatic N) is 2. The Hall–Kier alpha value is -4.00. The third-order valence-electron chi connectivity index (χ3n) is 5.56. The molecular weight excluding hydrogens is 488 g/mol. The van der Waals surface area contributed by atoms with Crippen LogP contribution in [0, 0.1) is 10.1 Å². The molecule has 4 rings (SSSR count). The number of hydrogen-bond donors (Lipinski definition) is 3. The van der Waals surface area contributed by atoms with Gasteiger partial charge < -0.3 is 29.2 Å². The molecule has 0 spiro atoms. The molecule has 188 valence electrons. The van der Waals surface area contributed by atoms with Gasteiger partial charge >= 0.3 is 0 Å². The van der Waals surface area contributed by atoms with Gasteiger partial charge in [-0.3, -0.25) is 20.2 Å². The van der Waals surface area contributed by atoms with Crippen molar-refractivity contribution in [2.75, 3.05) is 43.6 Å². The summed E-state index contributed by atoms with van der Waals surface area (Å²) in [7, 11) is 1.49. The molecule has 1 aliphatic heterocycles. The molecule has 36 heavy (non-hydrogen) atoms. The fraction of sp³-hybridized carbons (Fsp3) is 0.250. The molecule has 0 bridgehead atoms. The Labute approximate surface area is 211 Å². The number of morpholine rings is 1. The molecule has 0 atom stereocenters. The molecule has 2 aromatic carbocycles. The number of anilines is 2. The minimum absolute atomic E-state index is 0.0224. The molecule has 1 saturated heterocycles. The average Bonchev–Trinajstić information content (AvgIpc) is 3.38. The molecule has 0 aliphatic carbocycles. The molecule has 3 aromatic rings. The zero-order valence-corrected chi connectivity index (χ0v) is 20.2. The summed E-state index contributed by atoms with van der Waals surface area (Å²) in [5.41, 5.74) is 1.52. The number of furan rings is 1. The Kier molecular flexibility index (Phi) is 7.78. The average molecular weight is 513 g/mol. The van der Waals surface area contributed by atoms with Gasteiger partial charge in [0, 0.05) is 30.3 Å². The van der Waals surface area contributed by atoms with Crippen molar-refractivity contribution in [2.45, 2.75) is 6.61 Å². The second-order valence-electron chi connectivity index (χ2n) is 7.81. The summed E-state index contributed by atoms with van der Waals surface area (Å²) in [5.74, 6) is 0.826. The minimum atomic E-state index is -0.599. The molecule has 1 fully saturated rings. The number of carbonyl (C=O) groups excluding carboxylic acids is 1. The van der Waals surface area contributed by atoms with Crippen molar-refractivity contribution >= 4 is 40.3 Å². The van der Waals surface area contributed by atoms with Crippen LogP contribution in [0.3, 0.4) is 0 Å². The van der Waals surface area contributed by atoms with Crippen molar-refractivity contribution in [1.82, 2.24) is 5.32 Å². The molecule has 1 amide bonds. The second-order valence-corrected chi connectivity index (χ2v) is 8.22. The quantitative estimate of drug-likeness (QED) is 0.245. The van der Waals surface area contributed by atoms with Gasteiger partial charge in [-0.2, -0.15) is 0 Å². The lowest BCUT2D eigenvalue weighted by Crippen LogP contribution is -2.37. The van der Waals surface area contributed by atoms with Gasteiger partial charge in [-0.25, -0.2) is 0 Å². The fourth-order valence-electron chi connectivity index (χ4n) is 3.79. The molecule has 12 heteroatoms. The first-order valence-electron chi connectivity index (χ1n) is 11.0. The van der Waals surface area contributed by atoms with Crippen LogP contribution in [0.15, 0.2) is 52.9 Å². The van der Waals surface area contributed by atoms with Gasteiger partial charge in [-0.1, -0.05) is 0 Å². The highest BCUT2D eigenvalue weighted by molar-refractivity contribution is 7.80. The van der Waals surface area contributed by atoms with E-state index < -0.39 is 10.8 Å². The zero-order valence-electron chi connectivity index (χ0n) is 19.4. The minimum Gasteiger partial charge on any atom is -0.495 e. The van der Waals surface area contributed by atoms with Crippen molar-refractivity contribution in [3.05, 3.63) is 70.0 Å². The Morgan fingerprint density at radius 3 is 2.64 bits per heavy atom. The van der Waals surface area contributed by atoms with Crippen molar-refractivity contribution in [3.63, 3.8) is 0 Å². The van der Waals surface area contributed by atoms with E-state index in [1.807, 2.05) is 4.90 Å². The zero-order chi connectivity index (χ0) is 25.7. The molecule has 3 N–H and O–H groups in total. The van der Waals surface area contributed by atoms with Gasteiger partial charge in [0.1, 0.15) is 29.6 Å². The highest BCUT2D eigenvalue weighted by Gasteiger charge is 2.23. The summed E-state index contributed by atoms with van der Waals surface area (Å²) in [4.78, 5) is 25.9. The largest absolute Gasteiger partial charge is 0.495 e. The number of ether oxygens (including phenoxy) is 2. The maximum atomic E-state index is 12.8. The summed E-state index contributed by atoms with van der Waals surface area (Å²) in [6.45, 7) is 1.79. The molecule has 0 radical (unpaired) electrons. The molecule has 0 unspecified atom stereocenters.